The Hall–Kier alpha value is -0.430. The average molecular weight is 345 g/mol. The van der Waals surface area contributed by atoms with E-state index in [9.17, 15) is 0 Å². The molecule has 5 heteroatoms. The highest BCUT2D eigenvalue weighted by Gasteiger charge is 2.43. The van der Waals surface area contributed by atoms with Crippen molar-refractivity contribution in [2.24, 2.45) is 0 Å². The predicted octanol–water partition coefficient (Wildman–Crippen LogP) is 2.57. The molecule has 0 aliphatic heterocycles. The number of rotatable bonds is 3. The van der Waals surface area contributed by atoms with Gasteiger partial charge in [0.25, 0.3) is 0 Å². The molecule has 2 aliphatic rings. The monoisotopic (exact) mass is 345 g/mol. The van der Waals surface area contributed by atoms with Gasteiger partial charge in [-0.3, -0.25) is 0 Å². The Morgan fingerprint density at radius 1 is 1.35 bits per heavy atom. The molecule has 1 aromatic rings. The van der Waals surface area contributed by atoms with Gasteiger partial charge in [0.15, 0.2) is 5.82 Å². The number of halogens is 1. The molecule has 2 saturated carbocycles. The van der Waals surface area contributed by atoms with Crippen LogP contribution in [0, 0.1) is 3.57 Å². The summed E-state index contributed by atoms with van der Waals surface area (Å²) < 4.78 is 6.65. The molecule has 92 valence electrons. The molecule has 3 rings (SSSR count). The van der Waals surface area contributed by atoms with Crippen LogP contribution in [0.1, 0.15) is 49.5 Å². The second-order valence-corrected chi connectivity index (χ2v) is 6.04. The van der Waals surface area contributed by atoms with E-state index in [4.69, 9.17) is 15.5 Å². The number of aromatic nitrogens is 2. The van der Waals surface area contributed by atoms with Crippen LogP contribution < -0.4 is 5.73 Å². The molecule has 17 heavy (non-hydrogen) atoms. The third-order valence-corrected chi connectivity index (χ3v) is 4.93. The van der Waals surface area contributed by atoms with E-state index in [0.717, 1.165) is 27.9 Å². The fraction of sp³-hybridized carbons (Fsp3) is 0.667. The molecule has 0 bridgehead atoms. The van der Waals surface area contributed by atoms with E-state index in [1.807, 2.05) is 0 Å². The molecule has 0 amide bonds. The van der Waals surface area contributed by atoms with Gasteiger partial charge >= 0.3 is 0 Å². The summed E-state index contributed by atoms with van der Waals surface area (Å²) >= 11 is 2.26. The van der Waals surface area contributed by atoms with Crippen LogP contribution in [0.5, 0.6) is 0 Å². The smallest absolute Gasteiger partial charge is 0.162 e. The Morgan fingerprint density at radius 3 is 2.53 bits per heavy atom. The summed E-state index contributed by atoms with van der Waals surface area (Å²) in [6, 6.07) is 0. The summed E-state index contributed by atoms with van der Waals surface area (Å²) in [4.78, 5) is 9.18. The van der Waals surface area contributed by atoms with Crippen molar-refractivity contribution >= 4 is 28.4 Å². The quantitative estimate of drug-likeness (QED) is 0.856. The van der Waals surface area contributed by atoms with E-state index >= 15 is 0 Å². The molecular weight excluding hydrogens is 329 g/mol. The largest absolute Gasteiger partial charge is 0.383 e. The van der Waals surface area contributed by atoms with Gasteiger partial charge in [-0.1, -0.05) is 0 Å². The fourth-order valence-corrected chi connectivity index (χ4v) is 3.01. The number of hydrogen-bond donors (Lipinski definition) is 1. The maximum absolute atomic E-state index is 6.00. The lowest BCUT2D eigenvalue weighted by molar-refractivity contribution is -0.0847. The normalized spacial score (nSPS) is 22.2. The molecule has 2 N–H and O–H groups in total. The maximum atomic E-state index is 6.00. The molecule has 0 unspecified atom stereocenters. The molecule has 1 heterocycles. The van der Waals surface area contributed by atoms with Crippen LogP contribution in [0.3, 0.4) is 0 Å². The lowest BCUT2D eigenvalue weighted by Crippen LogP contribution is -2.38. The first-order chi connectivity index (χ1) is 8.16. The predicted molar refractivity (Wildman–Crippen MR) is 73.7 cm³/mol. The lowest BCUT2D eigenvalue weighted by atomic mass is 9.79. The van der Waals surface area contributed by atoms with Crippen LogP contribution in [0.4, 0.5) is 5.82 Å². The van der Waals surface area contributed by atoms with Crippen molar-refractivity contribution in [1.82, 2.24) is 9.97 Å². The zero-order valence-corrected chi connectivity index (χ0v) is 12.0. The van der Waals surface area contributed by atoms with E-state index in [0.29, 0.717) is 11.7 Å². The van der Waals surface area contributed by atoms with Gasteiger partial charge < -0.3 is 10.5 Å². The van der Waals surface area contributed by atoms with Crippen molar-refractivity contribution in [2.45, 2.75) is 43.6 Å². The molecule has 1 aromatic heterocycles. The van der Waals surface area contributed by atoms with Crippen LogP contribution in [0.15, 0.2) is 0 Å². The van der Waals surface area contributed by atoms with Gasteiger partial charge in [0.2, 0.25) is 0 Å². The summed E-state index contributed by atoms with van der Waals surface area (Å²) in [5.74, 6) is 2.01. The number of nitrogens with zero attached hydrogens (tertiary/aromatic N) is 2. The number of hydrogen-bond acceptors (Lipinski definition) is 4. The topological polar surface area (TPSA) is 61.0 Å². The summed E-state index contributed by atoms with van der Waals surface area (Å²) in [5.41, 5.74) is 6.88. The van der Waals surface area contributed by atoms with Crippen LogP contribution in [0.2, 0.25) is 0 Å². The molecule has 0 atom stereocenters. The summed E-state index contributed by atoms with van der Waals surface area (Å²) in [6.45, 7) is 0. The Labute approximate surface area is 114 Å². The first-order valence-corrected chi connectivity index (χ1v) is 7.13. The van der Waals surface area contributed by atoms with E-state index < -0.39 is 0 Å². The summed E-state index contributed by atoms with van der Waals surface area (Å²) in [5, 5.41) is 0. The number of nitrogen functional groups attached to an aromatic ring is 1. The van der Waals surface area contributed by atoms with Gasteiger partial charge in [-0.05, 0) is 54.7 Å². The zero-order chi connectivity index (χ0) is 12.0. The highest BCUT2D eigenvalue weighted by molar-refractivity contribution is 14.1. The standard InChI is InChI=1S/C12H16IN3O/c1-17-12(5-2-6-12)11-15-9(7-3-4-7)8(13)10(14)16-11/h7H,2-6H2,1H3,(H2,14,15,16). The maximum Gasteiger partial charge on any atom is 0.162 e. The Morgan fingerprint density at radius 2 is 2.06 bits per heavy atom. The number of anilines is 1. The first-order valence-electron chi connectivity index (χ1n) is 6.05. The molecular formula is C12H16IN3O. The molecule has 0 spiro atoms. The Bertz CT molecular complexity index is 450. The van der Waals surface area contributed by atoms with Gasteiger partial charge in [-0.15, -0.1) is 0 Å². The number of ether oxygens (including phenoxy) is 1. The SMILES string of the molecule is COC1(c2nc(N)c(I)c(C3CC3)n2)CCC1. The second-order valence-electron chi connectivity index (χ2n) is 4.96. The van der Waals surface area contributed by atoms with Crippen molar-refractivity contribution in [1.29, 1.82) is 0 Å². The zero-order valence-electron chi connectivity index (χ0n) is 9.87. The molecule has 4 nitrogen and oxygen atoms in total. The molecule has 0 radical (unpaired) electrons. The number of methoxy groups -OCH3 is 1. The van der Waals surface area contributed by atoms with Crippen molar-refractivity contribution in [3.63, 3.8) is 0 Å². The van der Waals surface area contributed by atoms with Crippen LogP contribution in [0.25, 0.3) is 0 Å². The van der Waals surface area contributed by atoms with Crippen LogP contribution in [-0.4, -0.2) is 17.1 Å². The molecule has 2 fully saturated rings. The second kappa shape index (κ2) is 4.05. The van der Waals surface area contributed by atoms with Gasteiger partial charge in [-0.2, -0.15) is 0 Å². The van der Waals surface area contributed by atoms with Crippen molar-refractivity contribution in [3.8, 4) is 0 Å². The molecule has 0 aromatic carbocycles. The third kappa shape index (κ3) is 1.83. The van der Waals surface area contributed by atoms with Gasteiger partial charge in [0, 0.05) is 13.0 Å². The summed E-state index contributed by atoms with van der Waals surface area (Å²) in [7, 11) is 1.74. The Kier molecular flexibility index (Phi) is 2.77. The van der Waals surface area contributed by atoms with Crippen molar-refractivity contribution < 1.29 is 4.74 Å². The highest BCUT2D eigenvalue weighted by Crippen LogP contribution is 2.46. The minimum Gasteiger partial charge on any atom is -0.383 e. The molecule has 2 aliphatic carbocycles. The minimum atomic E-state index is -0.262. The summed E-state index contributed by atoms with van der Waals surface area (Å²) in [6.07, 6.45) is 5.65. The van der Waals surface area contributed by atoms with E-state index in [1.54, 1.807) is 7.11 Å². The Balaban J connectivity index is 2.05. The van der Waals surface area contributed by atoms with Crippen LogP contribution in [-0.2, 0) is 10.3 Å². The highest BCUT2D eigenvalue weighted by atomic mass is 127. The minimum absolute atomic E-state index is 0.262. The van der Waals surface area contributed by atoms with Gasteiger partial charge in [0.05, 0.1) is 9.26 Å². The van der Waals surface area contributed by atoms with E-state index in [2.05, 4.69) is 27.6 Å². The van der Waals surface area contributed by atoms with E-state index in [1.165, 1.54) is 19.3 Å². The first kappa shape index (κ1) is 11.6. The van der Waals surface area contributed by atoms with Gasteiger partial charge in [-0.25, -0.2) is 9.97 Å². The lowest BCUT2D eigenvalue weighted by Gasteiger charge is -2.39. The van der Waals surface area contributed by atoms with Crippen LogP contribution >= 0.6 is 22.6 Å². The molecule has 0 saturated heterocycles. The average Bonchev–Trinajstić information content (AvgIpc) is 3.06. The third-order valence-electron chi connectivity index (χ3n) is 3.83. The number of nitrogens with two attached hydrogens (primary N) is 1. The van der Waals surface area contributed by atoms with E-state index in [-0.39, 0.29) is 5.60 Å². The van der Waals surface area contributed by atoms with Gasteiger partial charge in [0.1, 0.15) is 11.4 Å². The fourth-order valence-electron chi connectivity index (χ4n) is 2.33. The van der Waals surface area contributed by atoms with Crippen molar-refractivity contribution in [3.05, 3.63) is 15.1 Å². The van der Waals surface area contributed by atoms with Crippen molar-refractivity contribution in [2.75, 3.05) is 12.8 Å².